The van der Waals surface area contributed by atoms with Crippen LogP contribution in [0, 0.1) is 0 Å². The van der Waals surface area contributed by atoms with Gasteiger partial charge in [0.15, 0.2) is 0 Å². The minimum atomic E-state index is -0.254. The first-order chi connectivity index (χ1) is 13.1. The average Bonchev–Trinajstić information content (AvgIpc) is 2.99. The van der Waals surface area contributed by atoms with Crippen molar-refractivity contribution < 1.29 is 9.59 Å². The molecule has 1 atom stereocenters. The molecule has 0 bridgehead atoms. The molecule has 0 spiro atoms. The van der Waals surface area contributed by atoms with Crippen molar-refractivity contribution >= 4 is 34.9 Å². The molecule has 0 radical (unpaired) electrons. The van der Waals surface area contributed by atoms with Crippen molar-refractivity contribution in [3.63, 3.8) is 0 Å². The van der Waals surface area contributed by atoms with Crippen molar-refractivity contribution in [2.45, 2.75) is 38.3 Å². The predicted octanol–water partition coefficient (Wildman–Crippen LogP) is 4.34. The van der Waals surface area contributed by atoms with Crippen LogP contribution in [0.5, 0.6) is 0 Å². The molecule has 5 nitrogen and oxygen atoms in total. The van der Waals surface area contributed by atoms with Crippen LogP contribution < -0.4 is 10.6 Å². The lowest BCUT2D eigenvalue weighted by atomic mass is 10.1. The fraction of sp³-hybridized carbons (Fsp3) is 0.400. The summed E-state index contributed by atoms with van der Waals surface area (Å²) in [5, 5.41) is 5.90. The molecule has 144 valence electrons. The van der Waals surface area contributed by atoms with Crippen LogP contribution in [0.25, 0.3) is 0 Å². The Kier molecular flexibility index (Phi) is 7.12. The Labute approximate surface area is 168 Å². The Hall–Kier alpha value is -2.05. The standard InChI is InChI=1S/C20H24ClN3O2S/c21-18-11-10-16(27-18)13-22-20(26)23-17(15-7-3-1-4-8-15)14-24-12-6-2-5-9-19(24)25/h1,3-4,7-8,10-11,17H,2,5-6,9,12-14H2,(H2,22,23,26). The minimum Gasteiger partial charge on any atom is -0.340 e. The summed E-state index contributed by atoms with van der Waals surface area (Å²) in [5.74, 6) is 0.170. The zero-order valence-electron chi connectivity index (χ0n) is 15.1. The summed E-state index contributed by atoms with van der Waals surface area (Å²) in [7, 11) is 0. The smallest absolute Gasteiger partial charge is 0.315 e. The molecule has 1 fully saturated rings. The molecule has 0 aliphatic carbocycles. The van der Waals surface area contributed by atoms with E-state index in [0.717, 1.165) is 36.2 Å². The molecule has 27 heavy (non-hydrogen) atoms. The number of amides is 3. The highest BCUT2D eigenvalue weighted by molar-refractivity contribution is 7.16. The number of carbonyl (C=O) groups excluding carboxylic acids is 2. The lowest BCUT2D eigenvalue weighted by molar-refractivity contribution is -0.131. The van der Waals surface area contributed by atoms with Crippen molar-refractivity contribution in [1.29, 1.82) is 0 Å². The quantitative estimate of drug-likeness (QED) is 0.750. The zero-order valence-corrected chi connectivity index (χ0v) is 16.7. The van der Waals surface area contributed by atoms with Crippen LogP contribution in [0.2, 0.25) is 4.34 Å². The second kappa shape index (κ2) is 9.76. The molecule has 1 saturated heterocycles. The molecular formula is C20H24ClN3O2S. The molecule has 1 aromatic heterocycles. The van der Waals surface area contributed by atoms with Crippen LogP contribution in [0.3, 0.4) is 0 Å². The molecule has 2 aromatic rings. The maximum Gasteiger partial charge on any atom is 0.315 e. The molecule has 3 amide bonds. The molecule has 2 heterocycles. The van der Waals surface area contributed by atoms with Crippen molar-refractivity contribution in [2.24, 2.45) is 0 Å². The summed E-state index contributed by atoms with van der Waals surface area (Å²) >= 11 is 7.37. The van der Waals surface area contributed by atoms with Crippen LogP contribution in [-0.4, -0.2) is 29.9 Å². The van der Waals surface area contributed by atoms with Crippen LogP contribution in [0.15, 0.2) is 42.5 Å². The second-order valence-electron chi connectivity index (χ2n) is 6.65. The van der Waals surface area contributed by atoms with Gasteiger partial charge in [0.05, 0.1) is 16.9 Å². The molecule has 1 aliphatic rings. The van der Waals surface area contributed by atoms with Crippen molar-refractivity contribution in [2.75, 3.05) is 13.1 Å². The summed E-state index contributed by atoms with van der Waals surface area (Å²) in [4.78, 5) is 27.7. The van der Waals surface area contributed by atoms with E-state index in [-0.39, 0.29) is 18.0 Å². The van der Waals surface area contributed by atoms with E-state index in [4.69, 9.17) is 11.6 Å². The molecule has 1 aromatic carbocycles. The highest BCUT2D eigenvalue weighted by Crippen LogP contribution is 2.21. The van der Waals surface area contributed by atoms with Crippen molar-refractivity contribution in [1.82, 2.24) is 15.5 Å². The molecule has 0 saturated carbocycles. The summed E-state index contributed by atoms with van der Waals surface area (Å²) in [6.07, 6.45) is 3.63. The third kappa shape index (κ3) is 5.97. The first-order valence-electron chi connectivity index (χ1n) is 9.23. The number of halogens is 1. The second-order valence-corrected chi connectivity index (χ2v) is 8.45. The van der Waals surface area contributed by atoms with Crippen LogP contribution in [0.1, 0.15) is 42.2 Å². The number of hydrogen-bond acceptors (Lipinski definition) is 3. The number of nitrogens with one attached hydrogen (secondary N) is 2. The molecule has 2 N–H and O–H groups in total. The maximum atomic E-state index is 12.4. The number of urea groups is 1. The van der Waals surface area contributed by atoms with Crippen LogP contribution >= 0.6 is 22.9 Å². The van der Waals surface area contributed by atoms with E-state index in [2.05, 4.69) is 10.6 Å². The maximum absolute atomic E-state index is 12.4. The van der Waals surface area contributed by atoms with E-state index >= 15 is 0 Å². The van der Waals surface area contributed by atoms with E-state index in [9.17, 15) is 9.59 Å². The van der Waals surface area contributed by atoms with Crippen molar-refractivity contribution in [3.8, 4) is 0 Å². The first-order valence-corrected chi connectivity index (χ1v) is 10.4. The Bertz CT molecular complexity index is 766. The SMILES string of the molecule is O=C(NCc1ccc(Cl)s1)NC(CN1CCCCCC1=O)c1ccccc1. The fourth-order valence-corrected chi connectivity index (χ4v) is 4.22. The van der Waals surface area contributed by atoms with E-state index in [1.54, 1.807) is 0 Å². The van der Waals surface area contributed by atoms with E-state index in [1.165, 1.54) is 11.3 Å². The van der Waals surface area contributed by atoms with Gasteiger partial charge in [-0.15, -0.1) is 11.3 Å². The highest BCUT2D eigenvalue weighted by atomic mass is 35.5. The Balaban J connectivity index is 1.64. The van der Waals surface area contributed by atoms with Crippen LogP contribution in [-0.2, 0) is 11.3 Å². The van der Waals surface area contributed by atoms with Gasteiger partial charge in [-0.05, 0) is 30.5 Å². The van der Waals surface area contributed by atoms with Gasteiger partial charge in [-0.2, -0.15) is 0 Å². The summed E-state index contributed by atoms with van der Waals surface area (Å²) in [6, 6.07) is 13.0. The van der Waals surface area contributed by atoms with E-state index in [0.29, 0.717) is 23.8 Å². The van der Waals surface area contributed by atoms with Gasteiger partial charge in [-0.3, -0.25) is 4.79 Å². The number of likely N-dealkylation sites (tertiary alicyclic amines) is 1. The number of thiophene rings is 1. The molecule has 3 rings (SSSR count). The van der Waals surface area contributed by atoms with E-state index < -0.39 is 0 Å². The molecule has 1 unspecified atom stereocenters. The Morgan fingerprint density at radius 2 is 1.96 bits per heavy atom. The van der Waals surface area contributed by atoms with Gasteiger partial charge in [-0.25, -0.2) is 4.79 Å². The summed E-state index contributed by atoms with van der Waals surface area (Å²) in [6.45, 7) is 1.66. The lowest BCUT2D eigenvalue weighted by Gasteiger charge is -2.27. The number of rotatable bonds is 6. The molecule has 7 heteroatoms. The van der Waals surface area contributed by atoms with Crippen LogP contribution in [0.4, 0.5) is 4.79 Å². The fourth-order valence-electron chi connectivity index (χ4n) is 3.20. The number of hydrogen-bond donors (Lipinski definition) is 2. The third-order valence-corrected chi connectivity index (χ3v) is 5.86. The topological polar surface area (TPSA) is 61.4 Å². The van der Waals surface area contributed by atoms with Gasteiger partial charge in [0.2, 0.25) is 5.91 Å². The van der Waals surface area contributed by atoms with Gasteiger partial charge < -0.3 is 15.5 Å². The van der Waals surface area contributed by atoms with Gasteiger partial charge in [0.1, 0.15) is 0 Å². The lowest BCUT2D eigenvalue weighted by Crippen LogP contribution is -2.44. The molecule has 1 aliphatic heterocycles. The first kappa shape index (κ1) is 19.7. The van der Waals surface area contributed by atoms with Crippen molar-refractivity contribution in [3.05, 3.63) is 57.2 Å². The summed E-state index contributed by atoms with van der Waals surface area (Å²) in [5.41, 5.74) is 0.990. The normalized spacial score (nSPS) is 15.9. The average molecular weight is 406 g/mol. The van der Waals surface area contributed by atoms with Gasteiger partial charge in [0, 0.05) is 24.4 Å². The van der Waals surface area contributed by atoms with Gasteiger partial charge in [0.25, 0.3) is 0 Å². The van der Waals surface area contributed by atoms with E-state index in [1.807, 2.05) is 47.4 Å². The number of carbonyl (C=O) groups is 2. The number of benzene rings is 1. The zero-order chi connectivity index (χ0) is 19.1. The largest absolute Gasteiger partial charge is 0.340 e. The Morgan fingerprint density at radius 1 is 1.15 bits per heavy atom. The minimum absolute atomic E-state index is 0.170. The van der Waals surface area contributed by atoms with Gasteiger partial charge >= 0.3 is 6.03 Å². The Morgan fingerprint density at radius 3 is 2.70 bits per heavy atom. The van der Waals surface area contributed by atoms with Gasteiger partial charge in [-0.1, -0.05) is 48.4 Å². The predicted molar refractivity (Wildman–Crippen MR) is 109 cm³/mol. The third-order valence-electron chi connectivity index (χ3n) is 4.63. The molecular weight excluding hydrogens is 382 g/mol. The monoisotopic (exact) mass is 405 g/mol. The summed E-state index contributed by atoms with van der Waals surface area (Å²) < 4.78 is 0.703. The number of nitrogens with zero attached hydrogens (tertiary/aromatic N) is 1. The highest BCUT2D eigenvalue weighted by Gasteiger charge is 2.23.